The molecule has 0 bridgehead atoms. The molecule has 1 saturated carbocycles. The van der Waals surface area contributed by atoms with E-state index >= 15 is 4.39 Å². The highest BCUT2D eigenvalue weighted by Crippen LogP contribution is 2.32. The fourth-order valence-electron chi connectivity index (χ4n) is 3.61. The van der Waals surface area contributed by atoms with Crippen molar-refractivity contribution < 1.29 is 22.0 Å². The van der Waals surface area contributed by atoms with E-state index in [-0.39, 0.29) is 16.0 Å². The molecule has 0 spiro atoms. The summed E-state index contributed by atoms with van der Waals surface area (Å²) in [4.78, 5) is 19.7. The molecule has 4 rings (SSSR count). The summed E-state index contributed by atoms with van der Waals surface area (Å²) in [6.45, 7) is 0. The molecule has 0 unspecified atom stereocenters. The normalized spacial score (nSPS) is 15.1. The average Bonchev–Trinajstić information content (AvgIpc) is 3.35. The highest BCUT2D eigenvalue weighted by atomic mass is 35.5. The van der Waals surface area contributed by atoms with Crippen LogP contribution in [0.4, 0.5) is 14.5 Å². The topological polar surface area (TPSA) is 91.9 Å². The molecule has 1 fully saturated rings. The SMILES string of the molecule is O=C(c1c(F)ccc(NS(=O)(=O)C2CCCC2)c1F)c1c[nH]c2nccc(Cl)c12. The van der Waals surface area contributed by atoms with Crippen molar-refractivity contribution in [3.8, 4) is 0 Å². The second kappa shape index (κ2) is 7.38. The van der Waals surface area contributed by atoms with Gasteiger partial charge in [0.05, 0.1) is 27.1 Å². The molecule has 2 heterocycles. The van der Waals surface area contributed by atoms with Crippen molar-refractivity contribution in [2.45, 2.75) is 30.9 Å². The maximum absolute atomic E-state index is 15.0. The Labute approximate surface area is 170 Å². The van der Waals surface area contributed by atoms with Gasteiger partial charge in [-0.2, -0.15) is 0 Å². The molecule has 2 aromatic heterocycles. The molecule has 0 atom stereocenters. The van der Waals surface area contributed by atoms with Gasteiger partial charge in [0.1, 0.15) is 11.5 Å². The molecule has 3 aromatic rings. The molecule has 1 aromatic carbocycles. The van der Waals surface area contributed by atoms with E-state index < -0.39 is 43.9 Å². The molecule has 6 nitrogen and oxygen atoms in total. The van der Waals surface area contributed by atoms with Gasteiger partial charge < -0.3 is 4.98 Å². The number of carbonyl (C=O) groups is 1. The standard InChI is InChI=1S/C19H16ClF2N3O3S/c20-12-7-8-23-19-15(12)11(9-24-19)18(26)16-13(21)5-6-14(17(16)22)25-29(27,28)10-3-1-2-4-10/h5-10,25H,1-4H2,(H,23,24). The van der Waals surface area contributed by atoms with E-state index in [1.54, 1.807) is 0 Å². The highest BCUT2D eigenvalue weighted by Gasteiger charge is 2.31. The minimum Gasteiger partial charge on any atom is -0.345 e. The third kappa shape index (κ3) is 3.49. The van der Waals surface area contributed by atoms with Crippen LogP contribution >= 0.6 is 11.6 Å². The van der Waals surface area contributed by atoms with E-state index in [1.807, 2.05) is 0 Å². The fraction of sp³-hybridized carbons (Fsp3) is 0.263. The van der Waals surface area contributed by atoms with Crippen molar-refractivity contribution in [1.82, 2.24) is 9.97 Å². The van der Waals surface area contributed by atoms with Crippen molar-refractivity contribution in [2.24, 2.45) is 0 Å². The zero-order chi connectivity index (χ0) is 20.8. The summed E-state index contributed by atoms with van der Waals surface area (Å²) in [5.74, 6) is -3.35. The number of anilines is 1. The number of pyridine rings is 1. The number of hydrogen-bond donors (Lipinski definition) is 2. The van der Waals surface area contributed by atoms with Gasteiger partial charge in [-0.1, -0.05) is 24.4 Å². The molecule has 0 radical (unpaired) electrons. The first-order valence-corrected chi connectivity index (χ1v) is 10.9. The number of ketones is 1. The number of nitrogens with zero attached hydrogens (tertiary/aromatic N) is 1. The quantitative estimate of drug-likeness (QED) is 0.576. The number of aromatic amines is 1. The maximum Gasteiger partial charge on any atom is 0.235 e. The molecule has 2 N–H and O–H groups in total. The van der Waals surface area contributed by atoms with Crippen molar-refractivity contribution in [3.05, 3.63) is 58.4 Å². The zero-order valence-electron chi connectivity index (χ0n) is 15.0. The summed E-state index contributed by atoms with van der Waals surface area (Å²) in [6, 6.07) is 3.28. The predicted molar refractivity (Wildman–Crippen MR) is 106 cm³/mol. The van der Waals surface area contributed by atoms with Gasteiger partial charge in [0.2, 0.25) is 15.8 Å². The Morgan fingerprint density at radius 2 is 1.93 bits per heavy atom. The van der Waals surface area contributed by atoms with E-state index in [0.717, 1.165) is 25.0 Å². The van der Waals surface area contributed by atoms with Crippen molar-refractivity contribution in [2.75, 3.05) is 4.72 Å². The van der Waals surface area contributed by atoms with E-state index in [4.69, 9.17) is 11.6 Å². The molecule has 10 heteroatoms. The summed E-state index contributed by atoms with van der Waals surface area (Å²) in [7, 11) is -3.85. The zero-order valence-corrected chi connectivity index (χ0v) is 16.6. The van der Waals surface area contributed by atoms with Crippen molar-refractivity contribution >= 4 is 44.1 Å². The number of halogens is 3. The minimum absolute atomic E-state index is 0.0632. The summed E-state index contributed by atoms with van der Waals surface area (Å²) in [6.07, 6.45) is 5.19. The predicted octanol–water partition coefficient (Wildman–Crippen LogP) is 4.41. The van der Waals surface area contributed by atoms with Crippen LogP contribution in [-0.2, 0) is 10.0 Å². The third-order valence-electron chi connectivity index (χ3n) is 5.08. The van der Waals surface area contributed by atoms with Crippen LogP contribution in [0.3, 0.4) is 0 Å². The summed E-state index contributed by atoms with van der Waals surface area (Å²) < 4.78 is 56.6. The second-order valence-corrected chi connectivity index (χ2v) is 9.25. The number of carbonyl (C=O) groups excluding carboxylic acids is 1. The largest absolute Gasteiger partial charge is 0.345 e. The lowest BCUT2D eigenvalue weighted by atomic mass is 10.0. The number of benzene rings is 1. The maximum atomic E-state index is 15.0. The number of rotatable bonds is 5. The molecule has 0 aliphatic heterocycles. The van der Waals surface area contributed by atoms with Crippen LogP contribution in [-0.4, -0.2) is 29.4 Å². The third-order valence-corrected chi connectivity index (χ3v) is 7.25. The number of fused-ring (bicyclic) bond motifs is 1. The molecule has 0 amide bonds. The monoisotopic (exact) mass is 439 g/mol. The van der Waals surface area contributed by atoms with Crippen LogP contribution in [0.1, 0.15) is 41.6 Å². The lowest BCUT2D eigenvalue weighted by molar-refractivity contribution is 0.103. The van der Waals surface area contributed by atoms with Gasteiger partial charge in [0, 0.05) is 17.8 Å². The number of aromatic nitrogens is 2. The average molecular weight is 440 g/mol. The van der Waals surface area contributed by atoms with Crippen LogP contribution in [0.2, 0.25) is 5.02 Å². The van der Waals surface area contributed by atoms with Crippen LogP contribution in [0.25, 0.3) is 11.0 Å². The Bertz CT molecular complexity index is 1220. The first kappa shape index (κ1) is 19.8. The fourth-order valence-corrected chi connectivity index (χ4v) is 5.44. The molecule has 152 valence electrons. The molecule has 0 saturated heterocycles. The van der Waals surface area contributed by atoms with E-state index in [2.05, 4.69) is 14.7 Å². The van der Waals surface area contributed by atoms with Gasteiger partial charge in [0.15, 0.2) is 5.82 Å². The Morgan fingerprint density at radius 3 is 2.66 bits per heavy atom. The summed E-state index contributed by atoms with van der Waals surface area (Å²) in [5.41, 5.74) is -1.10. The van der Waals surface area contributed by atoms with Crippen LogP contribution in [0.5, 0.6) is 0 Å². The lowest BCUT2D eigenvalue weighted by Gasteiger charge is -2.15. The number of hydrogen-bond acceptors (Lipinski definition) is 4. The second-order valence-electron chi connectivity index (χ2n) is 6.89. The Morgan fingerprint density at radius 1 is 1.21 bits per heavy atom. The Kier molecular flexibility index (Phi) is 5.04. The Hall–Kier alpha value is -2.52. The van der Waals surface area contributed by atoms with Gasteiger partial charge >= 0.3 is 0 Å². The molecule has 1 aliphatic rings. The van der Waals surface area contributed by atoms with Crippen molar-refractivity contribution in [3.63, 3.8) is 0 Å². The lowest BCUT2D eigenvalue weighted by Crippen LogP contribution is -2.26. The molecule has 29 heavy (non-hydrogen) atoms. The number of sulfonamides is 1. The number of H-pyrrole nitrogens is 1. The van der Waals surface area contributed by atoms with Gasteiger partial charge in [-0.05, 0) is 31.0 Å². The smallest absolute Gasteiger partial charge is 0.235 e. The molecular weight excluding hydrogens is 424 g/mol. The van der Waals surface area contributed by atoms with Crippen LogP contribution in [0, 0.1) is 11.6 Å². The van der Waals surface area contributed by atoms with Gasteiger partial charge in [-0.25, -0.2) is 22.2 Å². The Balaban J connectivity index is 1.76. The van der Waals surface area contributed by atoms with E-state index in [9.17, 15) is 17.6 Å². The van der Waals surface area contributed by atoms with E-state index in [1.165, 1.54) is 18.5 Å². The van der Waals surface area contributed by atoms with Crippen LogP contribution < -0.4 is 4.72 Å². The highest BCUT2D eigenvalue weighted by molar-refractivity contribution is 7.93. The first-order valence-electron chi connectivity index (χ1n) is 8.95. The van der Waals surface area contributed by atoms with Gasteiger partial charge in [-0.3, -0.25) is 9.52 Å². The summed E-state index contributed by atoms with van der Waals surface area (Å²) >= 11 is 6.11. The first-order chi connectivity index (χ1) is 13.8. The number of nitrogens with one attached hydrogen (secondary N) is 2. The van der Waals surface area contributed by atoms with Crippen molar-refractivity contribution in [1.29, 1.82) is 0 Å². The van der Waals surface area contributed by atoms with E-state index in [0.29, 0.717) is 18.5 Å². The molecular formula is C19H16ClF2N3O3S. The van der Waals surface area contributed by atoms with Gasteiger partial charge in [0.25, 0.3) is 0 Å². The minimum atomic E-state index is -3.85. The van der Waals surface area contributed by atoms with Crippen LogP contribution in [0.15, 0.2) is 30.6 Å². The van der Waals surface area contributed by atoms with Gasteiger partial charge in [-0.15, -0.1) is 0 Å². The molecule has 1 aliphatic carbocycles. The summed E-state index contributed by atoms with van der Waals surface area (Å²) in [5, 5.41) is -0.210.